The van der Waals surface area contributed by atoms with Gasteiger partial charge in [0.25, 0.3) is 0 Å². The van der Waals surface area contributed by atoms with E-state index in [-0.39, 0.29) is 6.04 Å². The molecule has 0 aliphatic carbocycles. The van der Waals surface area contributed by atoms with E-state index in [9.17, 15) is 0 Å². The lowest BCUT2D eigenvalue weighted by Gasteiger charge is -2.09. The van der Waals surface area contributed by atoms with E-state index in [1.807, 2.05) is 0 Å². The zero-order chi connectivity index (χ0) is 8.97. The number of hydrogen-bond acceptors (Lipinski definition) is 3. The van der Waals surface area contributed by atoms with Crippen LogP contribution in [0.3, 0.4) is 0 Å². The summed E-state index contributed by atoms with van der Waals surface area (Å²) in [7, 11) is 0. The van der Waals surface area contributed by atoms with E-state index in [1.54, 1.807) is 24.4 Å². The highest BCUT2D eigenvalue weighted by molar-refractivity contribution is 6.30. The summed E-state index contributed by atoms with van der Waals surface area (Å²) in [5.74, 6) is 5.26. The van der Waals surface area contributed by atoms with Crippen LogP contribution in [0.25, 0.3) is 0 Å². The van der Waals surface area contributed by atoms with Crippen molar-refractivity contribution in [2.45, 2.75) is 6.04 Å². The minimum absolute atomic E-state index is 0.123. The number of hydrazine groups is 1. The van der Waals surface area contributed by atoms with Gasteiger partial charge in [-0.25, -0.2) is 5.43 Å². The van der Waals surface area contributed by atoms with Gasteiger partial charge in [-0.2, -0.15) is 0 Å². The van der Waals surface area contributed by atoms with Crippen LogP contribution in [-0.2, 0) is 0 Å². The zero-order valence-electron chi connectivity index (χ0n) is 6.50. The summed E-state index contributed by atoms with van der Waals surface area (Å²) in [6, 6.07) is 3.44. The van der Waals surface area contributed by atoms with Crippen LogP contribution in [0.1, 0.15) is 11.7 Å². The molecule has 0 saturated carbocycles. The van der Waals surface area contributed by atoms with Gasteiger partial charge in [0.05, 0.1) is 16.8 Å². The van der Waals surface area contributed by atoms with Gasteiger partial charge >= 0.3 is 0 Å². The monoisotopic (exact) mass is 183 g/mol. The smallest absolute Gasteiger partial charge is 0.0809 e. The summed E-state index contributed by atoms with van der Waals surface area (Å²) in [6.45, 7) is 3.62. The van der Waals surface area contributed by atoms with Gasteiger partial charge in [-0.3, -0.25) is 10.8 Å². The van der Waals surface area contributed by atoms with Crippen LogP contribution in [-0.4, -0.2) is 4.98 Å². The van der Waals surface area contributed by atoms with Gasteiger partial charge in [-0.1, -0.05) is 17.7 Å². The standard InChI is InChI=1S/C8H10ClN3/c1-2-7(12-10)8-4-3-6(9)5-11-8/h2-5,7,12H,1,10H2. The van der Waals surface area contributed by atoms with E-state index in [0.29, 0.717) is 5.02 Å². The molecule has 0 aliphatic rings. The van der Waals surface area contributed by atoms with Gasteiger partial charge in [-0.15, -0.1) is 6.58 Å². The number of hydrogen-bond donors (Lipinski definition) is 2. The summed E-state index contributed by atoms with van der Waals surface area (Å²) in [6.07, 6.45) is 3.25. The van der Waals surface area contributed by atoms with E-state index >= 15 is 0 Å². The van der Waals surface area contributed by atoms with Crippen molar-refractivity contribution >= 4 is 11.6 Å². The number of nitrogens with one attached hydrogen (secondary N) is 1. The lowest BCUT2D eigenvalue weighted by atomic mass is 10.2. The first-order valence-electron chi connectivity index (χ1n) is 3.48. The summed E-state index contributed by atoms with van der Waals surface area (Å²) in [5, 5.41) is 0.610. The molecule has 0 spiro atoms. The zero-order valence-corrected chi connectivity index (χ0v) is 7.25. The molecular formula is C8H10ClN3. The third kappa shape index (κ3) is 2.04. The van der Waals surface area contributed by atoms with Crippen molar-refractivity contribution in [3.05, 3.63) is 41.7 Å². The lowest BCUT2D eigenvalue weighted by molar-refractivity contribution is 0.640. The molecule has 0 bridgehead atoms. The topological polar surface area (TPSA) is 50.9 Å². The van der Waals surface area contributed by atoms with Gasteiger partial charge < -0.3 is 0 Å². The Morgan fingerprint density at radius 1 is 1.67 bits per heavy atom. The lowest BCUT2D eigenvalue weighted by Crippen LogP contribution is -2.26. The molecule has 1 aromatic rings. The van der Waals surface area contributed by atoms with Gasteiger partial charge in [0.1, 0.15) is 0 Å². The van der Waals surface area contributed by atoms with E-state index in [2.05, 4.69) is 17.0 Å². The van der Waals surface area contributed by atoms with E-state index in [4.69, 9.17) is 17.4 Å². The minimum Gasteiger partial charge on any atom is -0.271 e. The summed E-state index contributed by atoms with van der Waals surface area (Å²) in [4.78, 5) is 4.07. The largest absolute Gasteiger partial charge is 0.271 e. The van der Waals surface area contributed by atoms with Crippen molar-refractivity contribution in [1.82, 2.24) is 10.4 Å². The average Bonchev–Trinajstić information content (AvgIpc) is 2.10. The van der Waals surface area contributed by atoms with E-state index in [1.165, 1.54) is 0 Å². The first kappa shape index (κ1) is 9.19. The molecule has 4 heteroatoms. The second kappa shape index (κ2) is 4.21. The number of rotatable bonds is 3. The fourth-order valence-electron chi connectivity index (χ4n) is 0.845. The van der Waals surface area contributed by atoms with E-state index in [0.717, 1.165) is 5.69 Å². The Hall–Kier alpha value is -0.900. The second-order valence-corrected chi connectivity index (χ2v) is 2.72. The van der Waals surface area contributed by atoms with Crippen LogP contribution in [0.5, 0.6) is 0 Å². The predicted octanol–water partition coefficient (Wildman–Crippen LogP) is 1.43. The van der Waals surface area contributed by atoms with Crippen LogP contribution >= 0.6 is 11.6 Å². The number of aromatic nitrogens is 1. The van der Waals surface area contributed by atoms with E-state index < -0.39 is 0 Å². The number of halogens is 1. The summed E-state index contributed by atoms with van der Waals surface area (Å²) < 4.78 is 0. The Morgan fingerprint density at radius 2 is 2.42 bits per heavy atom. The number of pyridine rings is 1. The van der Waals surface area contributed by atoms with Crippen molar-refractivity contribution in [2.75, 3.05) is 0 Å². The Labute approximate surface area is 76.2 Å². The van der Waals surface area contributed by atoms with Gasteiger partial charge in [-0.05, 0) is 12.1 Å². The normalized spacial score (nSPS) is 12.5. The Kier molecular flexibility index (Phi) is 3.22. The molecule has 3 N–H and O–H groups in total. The fourth-order valence-corrected chi connectivity index (χ4v) is 0.957. The van der Waals surface area contributed by atoms with Crippen molar-refractivity contribution in [3.8, 4) is 0 Å². The number of nitrogens with zero attached hydrogens (tertiary/aromatic N) is 1. The molecule has 0 fully saturated rings. The maximum atomic E-state index is 5.66. The Morgan fingerprint density at radius 3 is 2.83 bits per heavy atom. The van der Waals surface area contributed by atoms with Gasteiger partial charge in [0.15, 0.2) is 0 Å². The van der Waals surface area contributed by atoms with Crippen LogP contribution in [0.15, 0.2) is 31.0 Å². The highest BCUT2D eigenvalue weighted by atomic mass is 35.5. The third-order valence-corrected chi connectivity index (χ3v) is 1.71. The molecule has 64 valence electrons. The maximum absolute atomic E-state index is 5.66. The molecule has 12 heavy (non-hydrogen) atoms. The predicted molar refractivity (Wildman–Crippen MR) is 49.5 cm³/mol. The highest BCUT2D eigenvalue weighted by Gasteiger charge is 2.04. The highest BCUT2D eigenvalue weighted by Crippen LogP contribution is 2.12. The van der Waals surface area contributed by atoms with Crippen LogP contribution in [0.4, 0.5) is 0 Å². The summed E-state index contributed by atoms with van der Waals surface area (Å²) in [5.41, 5.74) is 3.37. The molecule has 0 amide bonds. The molecule has 1 unspecified atom stereocenters. The molecule has 1 aromatic heterocycles. The molecule has 1 heterocycles. The third-order valence-electron chi connectivity index (χ3n) is 1.48. The van der Waals surface area contributed by atoms with Crippen LogP contribution in [0, 0.1) is 0 Å². The van der Waals surface area contributed by atoms with Crippen molar-refractivity contribution < 1.29 is 0 Å². The fraction of sp³-hybridized carbons (Fsp3) is 0.125. The second-order valence-electron chi connectivity index (χ2n) is 2.28. The van der Waals surface area contributed by atoms with Crippen molar-refractivity contribution in [1.29, 1.82) is 0 Å². The molecule has 3 nitrogen and oxygen atoms in total. The van der Waals surface area contributed by atoms with Crippen molar-refractivity contribution in [3.63, 3.8) is 0 Å². The Balaban J connectivity index is 2.87. The van der Waals surface area contributed by atoms with Gasteiger partial charge in [0.2, 0.25) is 0 Å². The SMILES string of the molecule is C=CC(NN)c1ccc(Cl)cn1. The quantitative estimate of drug-likeness (QED) is 0.424. The van der Waals surface area contributed by atoms with Crippen LogP contribution in [0.2, 0.25) is 5.02 Å². The summed E-state index contributed by atoms with van der Waals surface area (Å²) >= 11 is 5.66. The Bertz CT molecular complexity index is 258. The van der Waals surface area contributed by atoms with Crippen molar-refractivity contribution in [2.24, 2.45) is 5.84 Å². The van der Waals surface area contributed by atoms with Crippen LogP contribution < -0.4 is 11.3 Å². The first-order chi connectivity index (χ1) is 5.77. The molecule has 0 aromatic carbocycles. The molecule has 0 radical (unpaired) electrons. The van der Waals surface area contributed by atoms with Gasteiger partial charge in [0, 0.05) is 6.20 Å². The number of nitrogens with two attached hydrogens (primary N) is 1. The molecule has 1 atom stereocenters. The maximum Gasteiger partial charge on any atom is 0.0809 e. The minimum atomic E-state index is -0.123. The molecule has 0 aliphatic heterocycles. The average molecular weight is 184 g/mol. The molecule has 1 rings (SSSR count). The molecule has 0 saturated heterocycles. The first-order valence-corrected chi connectivity index (χ1v) is 3.86. The molecular weight excluding hydrogens is 174 g/mol.